The first-order valence-electron chi connectivity index (χ1n) is 11.5. The lowest BCUT2D eigenvalue weighted by atomic mass is 9.93. The minimum Gasteiger partial charge on any atom is -0.508 e. The Morgan fingerprint density at radius 1 is 0.972 bits per heavy atom. The molecule has 3 rings (SSSR count). The van der Waals surface area contributed by atoms with Crippen molar-refractivity contribution >= 4 is 29.3 Å². The third-order valence-corrected chi connectivity index (χ3v) is 5.50. The standard InChI is InChI=1S/C28H29N3O5/c1-19(9-5-8-14-25(33)30-24-13-7-6-12-23(24)29)26(20-15-17-22(32)18-16-20)36-28(35)31-27(34)21-10-3-2-4-11-21/h2-4,6-8,10-19,26,32H,5,9,29H2,1H3,(H,30,33)(H,31,34,35)/b14-8+/t19-,26+/m1/s1. The van der Waals surface area contributed by atoms with Gasteiger partial charge in [-0.2, -0.15) is 0 Å². The van der Waals surface area contributed by atoms with Crippen molar-refractivity contribution < 1.29 is 24.2 Å². The van der Waals surface area contributed by atoms with Gasteiger partial charge >= 0.3 is 6.09 Å². The fourth-order valence-corrected chi connectivity index (χ4v) is 3.56. The maximum absolute atomic E-state index is 12.5. The van der Waals surface area contributed by atoms with Gasteiger partial charge < -0.3 is 20.9 Å². The van der Waals surface area contributed by atoms with Crippen LogP contribution in [-0.2, 0) is 9.53 Å². The van der Waals surface area contributed by atoms with Crippen LogP contribution in [0.15, 0.2) is 91.0 Å². The van der Waals surface area contributed by atoms with Crippen LogP contribution in [0.2, 0.25) is 0 Å². The van der Waals surface area contributed by atoms with Gasteiger partial charge in [0.05, 0.1) is 11.4 Å². The molecule has 3 amide bonds. The number of hydrogen-bond acceptors (Lipinski definition) is 6. The van der Waals surface area contributed by atoms with Gasteiger partial charge in [-0.25, -0.2) is 4.79 Å². The Labute approximate surface area is 209 Å². The number of allylic oxidation sites excluding steroid dienone is 1. The average Bonchev–Trinajstić information content (AvgIpc) is 2.87. The summed E-state index contributed by atoms with van der Waals surface area (Å²) in [5.74, 6) is -0.942. The molecule has 36 heavy (non-hydrogen) atoms. The number of phenols is 1. The summed E-state index contributed by atoms with van der Waals surface area (Å²) in [5.41, 5.74) is 7.87. The Morgan fingerprint density at radius 3 is 2.33 bits per heavy atom. The number of imide groups is 1. The molecule has 8 nitrogen and oxygen atoms in total. The summed E-state index contributed by atoms with van der Waals surface area (Å²) in [4.78, 5) is 37.0. The molecule has 0 saturated heterocycles. The van der Waals surface area contributed by atoms with Crippen molar-refractivity contribution in [3.8, 4) is 5.75 Å². The Hall–Kier alpha value is -4.59. The Morgan fingerprint density at radius 2 is 1.64 bits per heavy atom. The largest absolute Gasteiger partial charge is 0.508 e. The molecule has 3 aromatic rings. The third-order valence-electron chi connectivity index (χ3n) is 5.50. The van der Waals surface area contributed by atoms with Gasteiger partial charge in [-0.05, 0) is 66.8 Å². The van der Waals surface area contributed by atoms with Crippen molar-refractivity contribution in [1.82, 2.24) is 5.32 Å². The number of aromatic hydroxyl groups is 1. The van der Waals surface area contributed by atoms with E-state index in [1.807, 2.05) is 6.92 Å². The van der Waals surface area contributed by atoms with Crippen molar-refractivity contribution in [2.45, 2.75) is 25.9 Å². The zero-order valence-corrected chi connectivity index (χ0v) is 19.9. The number of hydrogen-bond donors (Lipinski definition) is 4. The molecule has 3 aromatic carbocycles. The molecule has 2 atom stereocenters. The molecule has 0 unspecified atom stereocenters. The lowest BCUT2D eigenvalue weighted by molar-refractivity contribution is -0.111. The van der Waals surface area contributed by atoms with Crippen molar-refractivity contribution in [1.29, 1.82) is 0 Å². The van der Waals surface area contributed by atoms with Crippen molar-refractivity contribution in [3.05, 3.63) is 102 Å². The van der Waals surface area contributed by atoms with Gasteiger partial charge in [-0.1, -0.05) is 55.5 Å². The van der Waals surface area contributed by atoms with E-state index in [2.05, 4.69) is 10.6 Å². The number of anilines is 2. The molecule has 0 bridgehead atoms. The summed E-state index contributed by atoms with van der Waals surface area (Å²) in [6, 6.07) is 21.7. The number of rotatable bonds is 9. The molecule has 0 spiro atoms. The fourth-order valence-electron chi connectivity index (χ4n) is 3.56. The second kappa shape index (κ2) is 12.8. The van der Waals surface area contributed by atoms with Crippen LogP contribution in [0.1, 0.15) is 41.8 Å². The van der Waals surface area contributed by atoms with Gasteiger partial charge in [-0.15, -0.1) is 0 Å². The van der Waals surface area contributed by atoms with Crippen LogP contribution in [0, 0.1) is 5.92 Å². The Kier molecular flexibility index (Phi) is 9.22. The van der Waals surface area contributed by atoms with Crippen LogP contribution >= 0.6 is 0 Å². The van der Waals surface area contributed by atoms with Crippen LogP contribution in [0.4, 0.5) is 16.2 Å². The lowest BCUT2D eigenvalue weighted by Crippen LogP contribution is -2.33. The molecule has 0 aliphatic carbocycles. The second-order valence-electron chi connectivity index (χ2n) is 8.27. The number of nitrogens with one attached hydrogen (secondary N) is 2. The van der Waals surface area contributed by atoms with Crippen LogP contribution < -0.4 is 16.4 Å². The molecule has 0 saturated carbocycles. The predicted octanol–water partition coefficient (Wildman–Crippen LogP) is 5.19. The quantitative estimate of drug-likeness (QED) is 0.243. The molecule has 5 N–H and O–H groups in total. The minimum absolute atomic E-state index is 0.0851. The van der Waals surface area contributed by atoms with Gasteiger partial charge in [0.25, 0.3) is 5.91 Å². The SMILES string of the molecule is C[C@H](CC/C=C/C(=O)Nc1ccccc1N)[C@H](OC(=O)NC(=O)c1ccccc1)c1ccc(O)cc1. The number of alkyl carbamates (subject to hydrolysis) is 1. The number of ether oxygens (including phenoxy) is 1. The number of phenolic OH excluding ortho intramolecular Hbond substituents is 1. The highest BCUT2D eigenvalue weighted by molar-refractivity contribution is 6.03. The van der Waals surface area contributed by atoms with E-state index >= 15 is 0 Å². The molecule has 0 heterocycles. The average molecular weight is 488 g/mol. The van der Waals surface area contributed by atoms with Crippen LogP contribution in [-0.4, -0.2) is 23.0 Å². The highest BCUT2D eigenvalue weighted by Crippen LogP contribution is 2.30. The molecule has 186 valence electrons. The van der Waals surface area contributed by atoms with E-state index < -0.39 is 18.1 Å². The highest BCUT2D eigenvalue weighted by Gasteiger charge is 2.24. The minimum atomic E-state index is -0.871. The second-order valence-corrected chi connectivity index (χ2v) is 8.27. The normalized spacial score (nSPS) is 12.5. The van der Waals surface area contributed by atoms with E-state index in [1.54, 1.807) is 72.8 Å². The number of para-hydroxylation sites is 2. The van der Waals surface area contributed by atoms with E-state index in [0.717, 1.165) is 0 Å². The van der Waals surface area contributed by atoms with Gasteiger partial charge in [-0.3, -0.25) is 14.9 Å². The fraction of sp³-hybridized carbons (Fsp3) is 0.179. The summed E-state index contributed by atoms with van der Waals surface area (Å²) in [5, 5.41) is 14.6. The number of carbonyl (C=O) groups is 3. The molecular weight excluding hydrogens is 458 g/mol. The maximum Gasteiger partial charge on any atom is 0.414 e. The first-order valence-corrected chi connectivity index (χ1v) is 11.5. The van der Waals surface area contributed by atoms with Crippen molar-refractivity contribution in [2.24, 2.45) is 5.92 Å². The number of carbonyl (C=O) groups excluding carboxylic acids is 3. The number of amides is 3. The Balaban J connectivity index is 1.60. The highest BCUT2D eigenvalue weighted by atomic mass is 16.6. The van der Waals surface area contributed by atoms with E-state index in [1.165, 1.54) is 18.2 Å². The number of nitrogen functional groups attached to an aromatic ring is 1. The van der Waals surface area contributed by atoms with Crippen LogP contribution in [0.5, 0.6) is 5.75 Å². The van der Waals surface area contributed by atoms with E-state index in [0.29, 0.717) is 35.3 Å². The zero-order chi connectivity index (χ0) is 25.9. The topological polar surface area (TPSA) is 131 Å². The summed E-state index contributed by atoms with van der Waals surface area (Å²) < 4.78 is 5.63. The smallest absolute Gasteiger partial charge is 0.414 e. The monoisotopic (exact) mass is 487 g/mol. The van der Waals surface area contributed by atoms with Crippen LogP contribution in [0.3, 0.4) is 0 Å². The molecular formula is C28H29N3O5. The molecule has 0 aliphatic rings. The van der Waals surface area contributed by atoms with E-state index in [4.69, 9.17) is 10.5 Å². The zero-order valence-electron chi connectivity index (χ0n) is 19.9. The third kappa shape index (κ3) is 7.73. The van der Waals surface area contributed by atoms with Crippen molar-refractivity contribution in [2.75, 3.05) is 11.1 Å². The molecule has 0 aliphatic heterocycles. The van der Waals surface area contributed by atoms with Gasteiger partial charge in [0.1, 0.15) is 11.9 Å². The van der Waals surface area contributed by atoms with E-state index in [9.17, 15) is 19.5 Å². The molecule has 0 fully saturated rings. The lowest BCUT2D eigenvalue weighted by Gasteiger charge is -2.24. The first-order chi connectivity index (χ1) is 17.3. The summed E-state index contributed by atoms with van der Waals surface area (Å²) in [6.07, 6.45) is 2.74. The van der Waals surface area contributed by atoms with Gasteiger partial charge in [0.15, 0.2) is 0 Å². The summed E-state index contributed by atoms with van der Waals surface area (Å²) >= 11 is 0. The van der Waals surface area contributed by atoms with Gasteiger partial charge in [0, 0.05) is 5.56 Å². The predicted molar refractivity (Wildman–Crippen MR) is 138 cm³/mol. The molecule has 8 heteroatoms. The summed E-state index contributed by atoms with van der Waals surface area (Å²) in [7, 11) is 0. The van der Waals surface area contributed by atoms with Crippen LogP contribution in [0.25, 0.3) is 0 Å². The van der Waals surface area contributed by atoms with Crippen molar-refractivity contribution in [3.63, 3.8) is 0 Å². The molecule has 0 radical (unpaired) electrons. The van der Waals surface area contributed by atoms with E-state index in [-0.39, 0.29) is 17.6 Å². The maximum atomic E-state index is 12.5. The summed E-state index contributed by atoms with van der Waals surface area (Å²) in [6.45, 7) is 1.91. The molecule has 0 aromatic heterocycles. The Bertz CT molecular complexity index is 1210. The number of nitrogens with two attached hydrogens (primary N) is 1. The first kappa shape index (κ1) is 26.0. The van der Waals surface area contributed by atoms with Gasteiger partial charge in [0.2, 0.25) is 5.91 Å². The number of benzene rings is 3.